The van der Waals surface area contributed by atoms with Crippen LogP contribution in [0.3, 0.4) is 0 Å². The maximum absolute atomic E-state index is 12.8. The van der Waals surface area contributed by atoms with Gasteiger partial charge in [0.05, 0.1) is 10.9 Å². The zero-order valence-electron chi connectivity index (χ0n) is 15.6. The first kappa shape index (κ1) is 17.6. The van der Waals surface area contributed by atoms with Crippen molar-refractivity contribution in [3.05, 3.63) is 111 Å². The van der Waals surface area contributed by atoms with Crippen molar-refractivity contribution in [1.29, 1.82) is 0 Å². The summed E-state index contributed by atoms with van der Waals surface area (Å²) in [7, 11) is 0. The van der Waals surface area contributed by atoms with E-state index in [9.17, 15) is 4.79 Å². The van der Waals surface area contributed by atoms with Crippen molar-refractivity contribution >= 4 is 44.7 Å². The predicted molar refractivity (Wildman–Crippen MR) is 119 cm³/mol. The molecule has 2 heterocycles. The van der Waals surface area contributed by atoms with Crippen LogP contribution in [0.25, 0.3) is 33.3 Å². The van der Waals surface area contributed by atoms with Crippen LogP contribution >= 0.6 is 11.3 Å². The summed E-state index contributed by atoms with van der Waals surface area (Å²) in [6.07, 6.45) is 5.40. The van der Waals surface area contributed by atoms with Gasteiger partial charge in [-0.15, -0.1) is 0 Å². The number of aromatic nitrogens is 1. The summed E-state index contributed by atoms with van der Waals surface area (Å²) in [6.45, 7) is 0.775. The fourth-order valence-corrected chi connectivity index (χ4v) is 4.54. The van der Waals surface area contributed by atoms with Gasteiger partial charge in [-0.05, 0) is 24.3 Å². The van der Waals surface area contributed by atoms with Crippen LogP contribution in [0.4, 0.5) is 0 Å². The highest BCUT2D eigenvalue weighted by molar-refractivity contribution is 7.18. The Labute approximate surface area is 171 Å². The van der Waals surface area contributed by atoms with Gasteiger partial charge in [0.15, 0.2) is 12.0 Å². The van der Waals surface area contributed by atoms with E-state index in [4.69, 9.17) is 4.42 Å². The molecule has 2 aromatic heterocycles. The van der Waals surface area contributed by atoms with Gasteiger partial charge in [0.1, 0.15) is 16.5 Å². The second kappa shape index (κ2) is 7.49. The third-order valence-corrected chi connectivity index (χ3v) is 6.06. The number of para-hydroxylation sites is 2. The molecule has 0 amide bonds. The van der Waals surface area contributed by atoms with E-state index in [1.807, 2.05) is 36.4 Å². The van der Waals surface area contributed by atoms with Crippen molar-refractivity contribution in [3.8, 4) is 0 Å². The van der Waals surface area contributed by atoms with Gasteiger partial charge >= 0.3 is 0 Å². The Balaban J connectivity index is 1.59. The summed E-state index contributed by atoms with van der Waals surface area (Å²) < 4.78 is 9.14. The smallest absolute Gasteiger partial charge is 0.263 e. The SMILES string of the molecule is O=c1c(C=Cc2sc3ccccc3[n+]2Cc2ccccc2)coc2ccccc12. The normalized spacial score (nSPS) is 11.6. The first-order valence-electron chi connectivity index (χ1n) is 9.43. The van der Waals surface area contributed by atoms with Crippen LogP contribution in [-0.2, 0) is 6.54 Å². The van der Waals surface area contributed by atoms with E-state index in [0.29, 0.717) is 16.5 Å². The number of benzene rings is 3. The summed E-state index contributed by atoms with van der Waals surface area (Å²) in [5.74, 6) is 0. The third-order valence-electron chi connectivity index (χ3n) is 4.93. The lowest BCUT2D eigenvalue weighted by atomic mass is 10.1. The summed E-state index contributed by atoms with van der Waals surface area (Å²) in [5.41, 5.74) is 3.56. The Bertz CT molecular complexity index is 1400. The molecule has 0 spiro atoms. The van der Waals surface area contributed by atoms with Crippen molar-refractivity contribution in [1.82, 2.24) is 0 Å². The summed E-state index contributed by atoms with van der Waals surface area (Å²) in [4.78, 5) is 12.8. The molecule has 140 valence electrons. The number of thiazole rings is 1. The molecule has 29 heavy (non-hydrogen) atoms. The highest BCUT2D eigenvalue weighted by atomic mass is 32.1. The molecule has 4 heteroatoms. The standard InChI is InChI=1S/C25H18NO2S/c27-25-19(17-28-22-12-6-4-10-20(22)25)14-15-24-26(16-18-8-2-1-3-9-18)21-11-5-7-13-23(21)29-24/h1-15,17H,16H2/q+1. The fraction of sp³-hybridized carbons (Fsp3) is 0.0400. The minimum atomic E-state index is -0.0150. The van der Waals surface area contributed by atoms with E-state index in [1.54, 1.807) is 17.4 Å². The maximum atomic E-state index is 12.8. The Hall–Kier alpha value is -3.50. The molecule has 0 atom stereocenters. The average molecular weight is 396 g/mol. The molecule has 0 aliphatic heterocycles. The number of hydrogen-bond acceptors (Lipinski definition) is 3. The van der Waals surface area contributed by atoms with E-state index in [-0.39, 0.29) is 5.43 Å². The Morgan fingerprint density at radius 3 is 2.52 bits per heavy atom. The van der Waals surface area contributed by atoms with Crippen LogP contribution in [0.15, 0.2) is 94.3 Å². The van der Waals surface area contributed by atoms with E-state index < -0.39 is 0 Å². The zero-order chi connectivity index (χ0) is 19.6. The molecule has 0 radical (unpaired) electrons. The lowest BCUT2D eigenvalue weighted by Gasteiger charge is -1.99. The molecule has 0 N–H and O–H groups in total. The fourth-order valence-electron chi connectivity index (χ4n) is 3.48. The molecular formula is C25H18NO2S+. The Morgan fingerprint density at radius 2 is 1.62 bits per heavy atom. The van der Waals surface area contributed by atoms with Crippen LogP contribution in [-0.4, -0.2) is 0 Å². The molecule has 0 unspecified atom stereocenters. The van der Waals surface area contributed by atoms with E-state index in [0.717, 1.165) is 11.6 Å². The van der Waals surface area contributed by atoms with Crippen LogP contribution in [0, 0.1) is 0 Å². The minimum Gasteiger partial charge on any atom is -0.463 e. The number of rotatable bonds is 4. The van der Waals surface area contributed by atoms with Crippen molar-refractivity contribution in [2.45, 2.75) is 6.54 Å². The molecule has 0 aliphatic rings. The molecule has 5 aromatic rings. The van der Waals surface area contributed by atoms with Gasteiger partial charge in [-0.3, -0.25) is 4.79 Å². The van der Waals surface area contributed by atoms with Crippen LogP contribution in [0.5, 0.6) is 0 Å². The molecule has 3 aromatic carbocycles. The van der Waals surface area contributed by atoms with Crippen molar-refractivity contribution in [2.24, 2.45) is 0 Å². The van der Waals surface area contributed by atoms with Gasteiger partial charge < -0.3 is 4.42 Å². The maximum Gasteiger partial charge on any atom is 0.263 e. The van der Waals surface area contributed by atoms with E-state index in [2.05, 4.69) is 53.1 Å². The van der Waals surface area contributed by atoms with Gasteiger partial charge in [0.2, 0.25) is 5.52 Å². The van der Waals surface area contributed by atoms with Crippen molar-refractivity contribution in [3.63, 3.8) is 0 Å². The average Bonchev–Trinajstić information content (AvgIpc) is 3.12. The van der Waals surface area contributed by atoms with Crippen molar-refractivity contribution < 1.29 is 8.98 Å². The molecule has 5 rings (SSSR count). The predicted octanol–water partition coefficient (Wildman–Crippen LogP) is 5.51. The van der Waals surface area contributed by atoms with Crippen LogP contribution < -0.4 is 10.00 Å². The monoisotopic (exact) mass is 396 g/mol. The minimum absolute atomic E-state index is 0.0150. The summed E-state index contributed by atoms with van der Waals surface area (Å²) in [5, 5.41) is 1.69. The highest BCUT2D eigenvalue weighted by Gasteiger charge is 2.18. The molecule has 0 bridgehead atoms. The summed E-state index contributed by atoms with van der Waals surface area (Å²) in [6, 6.07) is 26.1. The topological polar surface area (TPSA) is 34.1 Å². The Kier molecular flexibility index (Phi) is 4.54. The zero-order valence-corrected chi connectivity index (χ0v) is 16.4. The quantitative estimate of drug-likeness (QED) is 0.375. The van der Waals surface area contributed by atoms with Gasteiger partial charge in [0.25, 0.3) is 5.01 Å². The first-order chi connectivity index (χ1) is 14.3. The first-order valence-corrected chi connectivity index (χ1v) is 10.3. The van der Waals surface area contributed by atoms with Crippen LogP contribution in [0.2, 0.25) is 0 Å². The molecular weight excluding hydrogens is 378 g/mol. The van der Waals surface area contributed by atoms with Crippen LogP contribution in [0.1, 0.15) is 16.1 Å². The van der Waals surface area contributed by atoms with E-state index in [1.165, 1.54) is 22.0 Å². The second-order valence-corrected chi connectivity index (χ2v) is 7.89. The molecule has 0 fully saturated rings. The lowest BCUT2D eigenvalue weighted by Crippen LogP contribution is -2.35. The number of hydrogen-bond donors (Lipinski definition) is 0. The highest BCUT2D eigenvalue weighted by Crippen LogP contribution is 2.22. The van der Waals surface area contributed by atoms with Gasteiger partial charge in [-0.1, -0.05) is 65.9 Å². The molecule has 0 saturated carbocycles. The molecule has 0 aliphatic carbocycles. The van der Waals surface area contributed by atoms with E-state index >= 15 is 0 Å². The largest absolute Gasteiger partial charge is 0.463 e. The lowest BCUT2D eigenvalue weighted by molar-refractivity contribution is -0.659. The van der Waals surface area contributed by atoms with Gasteiger partial charge in [-0.25, -0.2) is 0 Å². The third kappa shape index (κ3) is 3.39. The van der Waals surface area contributed by atoms with Gasteiger partial charge in [-0.2, -0.15) is 4.57 Å². The number of nitrogens with zero attached hydrogens (tertiary/aromatic N) is 1. The van der Waals surface area contributed by atoms with Gasteiger partial charge in [0, 0.05) is 17.7 Å². The summed E-state index contributed by atoms with van der Waals surface area (Å²) >= 11 is 1.72. The molecule has 0 saturated heterocycles. The molecule has 3 nitrogen and oxygen atoms in total. The second-order valence-electron chi connectivity index (χ2n) is 6.83. The van der Waals surface area contributed by atoms with Crippen molar-refractivity contribution in [2.75, 3.05) is 0 Å². The number of fused-ring (bicyclic) bond motifs is 2. The Morgan fingerprint density at radius 1 is 0.862 bits per heavy atom.